The van der Waals surface area contributed by atoms with Gasteiger partial charge in [0.1, 0.15) is 10.4 Å². The molecule has 4 nitrogen and oxygen atoms in total. The van der Waals surface area contributed by atoms with E-state index in [0.29, 0.717) is 16.2 Å². The van der Waals surface area contributed by atoms with Crippen LogP contribution in [-0.4, -0.2) is 20.1 Å². The Morgan fingerprint density at radius 1 is 1.28 bits per heavy atom. The molecule has 3 aromatic rings. The summed E-state index contributed by atoms with van der Waals surface area (Å²) in [7, 11) is 0. The fraction of sp³-hybridized carbons (Fsp3) is 0.0833. The third-order valence-corrected chi connectivity index (χ3v) is 4.73. The first-order chi connectivity index (χ1) is 8.66. The zero-order chi connectivity index (χ0) is 12.7. The van der Waals surface area contributed by atoms with Crippen molar-refractivity contribution in [2.24, 2.45) is 0 Å². The molecule has 0 aliphatic heterocycles. The molecule has 6 heteroatoms. The van der Waals surface area contributed by atoms with Crippen LogP contribution in [0.1, 0.15) is 5.56 Å². The lowest BCUT2D eigenvalue weighted by Crippen LogP contribution is -1.92. The Kier molecular flexibility index (Phi) is 2.76. The number of halogens is 1. The second kappa shape index (κ2) is 4.29. The maximum absolute atomic E-state index is 9.96. The van der Waals surface area contributed by atoms with Crippen LogP contribution in [0.4, 0.5) is 0 Å². The number of hydrogen-bond acceptors (Lipinski definition) is 5. The average molecular weight is 322 g/mol. The molecular weight excluding hydrogens is 314 g/mol. The molecule has 3 rings (SSSR count). The highest BCUT2D eigenvalue weighted by molar-refractivity contribution is 9.11. The van der Waals surface area contributed by atoms with Gasteiger partial charge in [0.05, 0.1) is 9.30 Å². The Bertz CT molecular complexity index is 727. The van der Waals surface area contributed by atoms with E-state index in [1.165, 1.54) is 11.3 Å². The highest BCUT2D eigenvalue weighted by Gasteiger charge is 2.15. The zero-order valence-corrected chi connectivity index (χ0v) is 11.8. The maximum Gasteiger partial charge on any atom is 0.233 e. The summed E-state index contributed by atoms with van der Waals surface area (Å²) in [5.74, 6) is 0.438. The van der Waals surface area contributed by atoms with Gasteiger partial charge in [-0.15, -0.1) is 11.3 Å². The van der Waals surface area contributed by atoms with Gasteiger partial charge in [0.2, 0.25) is 5.88 Å². The van der Waals surface area contributed by atoms with Crippen molar-refractivity contribution in [3.8, 4) is 17.4 Å². The topological polar surface area (TPSA) is 58.9 Å². The summed E-state index contributed by atoms with van der Waals surface area (Å²) in [5.41, 5.74) is 2.42. The van der Waals surface area contributed by atoms with Gasteiger partial charge >= 0.3 is 0 Å². The first-order valence-electron chi connectivity index (χ1n) is 5.24. The summed E-state index contributed by atoms with van der Waals surface area (Å²) in [4.78, 5) is 12.8. The first-order valence-corrected chi connectivity index (χ1v) is 6.85. The van der Waals surface area contributed by atoms with Crippen LogP contribution >= 0.6 is 27.3 Å². The molecule has 0 aliphatic rings. The van der Waals surface area contributed by atoms with Gasteiger partial charge in [0.15, 0.2) is 5.82 Å². The molecule has 0 aromatic carbocycles. The van der Waals surface area contributed by atoms with Gasteiger partial charge in [-0.2, -0.15) is 4.98 Å². The lowest BCUT2D eigenvalue weighted by atomic mass is 10.3. The van der Waals surface area contributed by atoms with Crippen LogP contribution < -0.4 is 0 Å². The van der Waals surface area contributed by atoms with Gasteiger partial charge < -0.3 is 5.11 Å². The number of nitrogens with zero attached hydrogens (tertiary/aromatic N) is 3. The Morgan fingerprint density at radius 3 is 2.83 bits per heavy atom. The summed E-state index contributed by atoms with van der Waals surface area (Å²) >= 11 is 4.88. The Morgan fingerprint density at radius 2 is 2.11 bits per heavy atom. The van der Waals surface area contributed by atoms with Crippen LogP contribution in [0, 0.1) is 6.92 Å². The molecule has 3 heterocycles. The SMILES string of the molecule is Cc1c(Br)sc2c(O)nc(-c3ccccn3)nc12. The van der Waals surface area contributed by atoms with E-state index in [1.807, 2.05) is 25.1 Å². The van der Waals surface area contributed by atoms with E-state index in [4.69, 9.17) is 0 Å². The van der Waals surface area contributed by atoms with Gasteiger partial charge in [-0.05, 0) is 35.0 Å². The minimum Gasteiger partial charge on any atom is -0.492 e. The summed E-state index contributed by atoms with van der Waals surface area (Å²) < 4.78 is 1.65. The molecule has 1 N–H and O–H groups in total. The van der Waals surface area contributed by atoms with Crippen molar-refractivity contribution < 1.29 is 5.11 Å². The van der Waals surface area contributed by atoms with E-state index in [0.717, 1.165) is 14.9 Å². The van der Waals surface area contributed by atoms with Crippen LogP contribution in [0.15, 0.2) is 28.2 Å². The van der Waals surface area contributed by atoms with Crippen molar-refractivity contribution in [1.82, 2.24) is 15.0 Å². The standard InChI is InChI=1S/C12H8BrN3OS/c1-6-8-9(18-10(6)13)12(17)16-11(15-8)7-4-2-3-5-14-7/h2-5H,1H3,(H,15,16,17). The minimum atomic E-state index is -0.000506. The van der Waals surface area contributed by atoms with E-state index in [9.17, 15) is 5.11 Å². The number of hydrogen-bond donors (Lipinski definition) is 1. The average Bonchev–Trinajstić information content (AvgIpc) is 2.68. The zero-order valence-electron chi connectivity index (χ0n) is 9.38. The molecule has 0 fully saturated rings. The quantitative estimate of drug-likeness (QED) is 0.744. The van der Waals surface area contributed by atoms with Gasteiger partial charge in [-0.3, -0.25) is 4.98 Å². The van der Waals surface area contributed by atoms with Crippen LogP contribution in [0.2, 0.25) is 0 Å². The van der Waals surface area contributed by atoms with E-state index in [1.54, 1.807) is 6.20 Å². The van der Waals surface area contributed by atoms with Crippen LogP contribution in [-0.2, 0) is 0 Å². The third kappa shape index (κ3) is 1.77. The van der Waals surface area contributed by atoms with Gasteiger partial charge in [0, 0.05) is 11.8 Å². The monoisotopic (exact) mass is 321 g/mol. The number of pyridine rings is 1. The second-order valence-corrected chi connectivity index (χ2v) is 6.10. The predicted octanol–water partition coefficient (Wildman–Crippen LogP) is 3.53. The number of fused-ring (bicyclic) bond motifs is 1. The second-order valence-electron chi connectivity index (χ2n) is 3.76. The molecule has 0 spiro atoms. The Labute approximate surface area is 115 Å². The fourth-order valence-corrected chi connectivity index (χ4v) is 3.19. The van der Waals surface area contributed by atoms with E-state index >= 15 is 0 Å². The highest BCUT2D eigenvalue weighted by atomic mass is 79.9. The van der Waals surface area contributed by atoms with Crippen molar-refractivity contribution >= 4 is 37.5 Å². The van der Waals surface area contributed by atoms with Crippen molar-refractivity contribution in [1.29, 1.82) is 0 Å². The van der Waals surface area contributed by atoms with Crippen molar-refractivity contribution in [2.45, 2.75) is 6.92 Å². The highest BCUT2D eigenvalue weighted by Crippen LogP contribution is 2.38. The third-order valence-electron chi connectivity index (χ3n) is 2.58. The molecule has 0 atom stereocenters. The van der Waals surface area contributed by atoms with Gasteiger partial charge in [0.25, 0.3) is 0 Å². The Balaban J connectivity index is 2.30. The van der Waals surface area contributed by atoms with Gasteiger partial charge in [-0.25, -0.2) is 4.98 Å². The lowest BCUT2D eigenvalue weighted by molar-refractivity contribution is 0.461. The van der Waals surface area contributed by atoms with Crippen LogP contribution in [0.25, 0.3) is 21.7 Å². The van der Waals surface area contributed by atoms with E-state index in [2.05, 4.69) is 30.9 Å². The summed E-state index contributed by atoms with van der Waals surface area (Å²) in [5, 5.41) is 9.96. The lowest BCUT2D eigenvalue weighted by Gasteiger charge is -2.01. The van der Waals surface area contributed by atoms with Gasteiger partial charge in [-0.1, -0.05) is 6.07 Å². The number of aromatic hydroxyl groups is 1. The smallest absolute Gasteiger partial charge is 0.233 e. The molecule has 0 aliphatic carbocycles. The minimum absolute atomic E-state index is 0.000506. The molecule has 0 saturated carbocycles. The normalized spacial score (nSPS) is 11.0. The van der Waals surface area contributed by atoms with E-state index < -0.39 is 0 Å². The van der Waals surface area contributed by atoms with Crippen molar-refractivity contribution in [3.63, 3.8) is 0 Å². The summed E-state index contributed by atoms with van der Waals surface area (Å²) in [6.07, 6.45) is 1.68. The number of rotatable bonds is 1. The first kappa shape index (κ1) is 11.6. The Hall–Kier alpha value is -1.53. The molecule has 0 bridgehead atoms. The molecule has 18 heavy (non-hydrogen) atoms. The molecule has 3 aromatic heterocycles. The summed E-state index contributed by atoms with van der Waals surface area (Å²) in [6, 6.07) is 5.51. The number of aromatic nitrogens is 3. The fourth-order valence-electron chi connectivity index (χ4n) is 1.66. The number of thiophene rings is 1. The van der Waals surface area contributed by atoms with Crippen molar-refractivity contribution in [3.05, 3.63) is 33.7 Å². The molecule has 0 unspecified atom stereocenters. The molecular formula is C12H8BrN3OS. The molecule has 0 amide bonds. The van der Waals surface area contributed by atoms with E-state index in [-0.39, 0.29) is 5.88 Å². The van der Waals surface area contributed by atoms with Crippen LogP contribution in [0.5, 0.6) is 5.88 Å². The molecule has 90 valence electrons. The largest absolute Gasteiger partial charge is 0.492 e. The predicted molar refractivity (Wildman–Crippen MR) is 74.7 cm³/mol. The van der Waals surface area contributed by atoms with Crippen molar-refractivity contribution in [2.75, 3.05) is 0 Å². The summed E-state index contributed by atoms with van der Waals surface area (Å²) in [6.45, 7) is 1.96. The maximum atomic E-state index is 9.96. The molecule has 0 saturated heterocycles. The van der Waals surface area contributed by atoms with Crippen LogP contribution in [0.3, 0.4) is 0 Å². The number of aryl methyl sites for hydroxylation is 1. The molecule has 0 radical (unpaired) electrons.